The van der Waals surface area contributed by atoms with Crippen LogP contribution < -0.4 is 5.73 Å². The van der Waals surface area contributed by atoms with Crippen molar-refractivity contribution in [2.75, 3.05) is 5.75 Å². The average molecular weight is 309 g/mol. The Bertz CT molecular complexity index is 476. The van der Waals surface area contributed by atoms with Gasteiger partial charge in [0, 0.05) is 22.5 Å². The molecule has 1 aromatic carbocycles. The summed E-state index contributed by atoms with van der Waals surface area (Å²) in [5.74, 6) is 0.819. The second-order valence-corrected chi connectivity index (χ2v) is 5.48. The summed E-state index contributed by atoms with van der Waals surface area (Å²) in [5, 5.41) is 0.985. The zero-order valence-corrected chi connectivity index (χ0v) is 11.6. The number of hydrogen-bond acceptors (Lipinski definition) is 3. The van der Waals surface area contributed by atoms with E-state index < -0.39 is 0 Å². The van der Waals surface area contributed by atoms with E-state index in [9.17, 15) is 0 Å². The summed E-state index contributed by atoms with van der Waals surface area (Å²) in [4.78, 5) is 4.30. The number of hydrogen-bond donors (Lipinski definition) is 1. The summed E-state index contributed by atoms with van der Waals surface area (Å²) < 4.78 is 1.02. The summed E-state index contributed by atoms with van der Waals surface area (Å²) in [6, 6.07) is 14.1. The second kappa shape index (κ2) is 6.19. The van der Waals surface area contributed by atoms with Gasteiger partial charge >= 0.3 is 0 Å². The third-order valence-electron chi connectivity index (χ3n) is 2.35. The fraction of sp³-hybridized carbons (Fsp3) is 0.154. The van der Waals surface area contributed by atoms with Crippen molar-refractivity contribution in [1.82, 2.24) is 4.98 Å². The Hall–Kier alpha value is -0.840. The average Bonchev–Trinajstić information content (AvgIpc) is 2.38. The smallest absolute Gasteiger partial charge is 0.110 e. The number of halogens is 1. The lowest BCUT2D eigenvalue weighted by Crippen LogP contribution is -2.12. The number of rotatable bonds is 4. The molecule has 88 valence electrons. The molecular weight excluding hydrogens is 296 g/mol. The highest BCUT2D eigenvalue weighted by molar-refractivity contribution is 9.10. The topological polar surface area (TPSA) is 38.9 Å². The number of benzene rings is 1. The summed E-state index contributed by atoms with van der Waals surface area (Å²) in [6.45, 7) is 0. The van der Waals surface area contributed by atoms with Crippen molar-refractivity contribution in [3.05, 3.63) is 58.7 Å². The minimum absolute atomic E-state index is 0.0371. The fourth-order valence-corrected chi connectivity index (χ4v) is 2.91. The van der Waals surface area contributed by atoms with Gasteiger partial charge in [-0.2, -0.15) is 0 Å². The van der Waals surface area contributed by atoms with E-state index >= 15 is 0 Å². The SMILES string of the molecule is NC(CSc1ncccc1Br)c1ccccc1. The van der Waals surface area contributed by atoms with Crippen LogP contribution >= 0.6 is 27.7 Å². The van der Waals surface area contributed by atoms with E-state index in [1.165, 1.54) is 0 Å². The lowest BCUT2D eigenvalue weighted by molar-refractivity contribution is 0.830. The molecule has 1 heterocycles. The molecule has 1 unspecified atom stereocenters. The Kier molecular flexibility index (Phi) is 4.59. The predicted molar refractivity (Wildman–Crippen MR) is 76.0 cm³/mol. The predicted octanol–water partition coefficient (Wildman–Crippen LogP) is 3.64. The first-order chi connectivity index (χ1) is 8.27. The molecule has 0 spiro atoms. The Morgan fingerprint density at radius 1 is 1.18 bits per heavy atom. The van der Waals surface area contributed by atoms with Gasteiger partial charge in [-0.05, 0) is 33.6 Å². The normalized spacial score (nSPS) is 12.4. The van der Waals surface area contributed by atoms with E-state index in [1.54, 1.807) is 18.0 Å². The third kappa shape index (κ3) is 3.56. The van der Waals surface area contributed by atoms with Gasteiger partial charge in [0.1, 0.15) is 5.03 Å². The van der Waals surface area contributed by atoms with Crippen molar-refractivity contribution in [3.63, 3.8) is 0 Å². The highest BCUT2D eigenvalue weighted by atomic mass is 79.9. The first-order valence-corrected chi connectivity index (χ1v) is 7.09. The van der Waals surface area contributed by atoms with Crippen molar-refractivity contribution >= 4 is 27.7 Å². The Labute approximate surface area is 114 Å². The van der Waals surface area contributed by atoms with Crippen LogP contribution in [-0.4, -0.2) is 10.7 Å². The zero-order chi connectivity index (χ0) is 12.1. The van der Waals surface area contributed by atoms with Gasteiger partial charge in [0.25, 0.3) is 0 Å². The maximum absolute atomic E-state index is 6.13. The Balaban J connectivity index is 1.97. The molecule has 1 aromatic heterocycles. The Morgan fingerprint density at radius 3 is 2.65 bits per heavy atom. The maximum Gasteiger partial charge on any atom is 0.110 e. The van der Waals surface area contributed by atoms with Crippen LogP contribution in [0.1, 0.15) is 11.6 Å². The molecule has 2 rings (SSSR count). The lowest BCUT2D eigenvalue weighted by Gasteiger charge is -2.11. The summed E-state index contributed by atoms with van der Waals surface area (Å²) in [5.41, 5.74) is 7.29. The summed E-state index contributed by atoms with van der Waals surface area (Å²) in [6.07, 6.45) is 1.79. The van der Waals surface area contributed by atoms with Gasteiger partial charge in [0.15, 0.2) is 0 Å². The van der Waals surface area contributed by atoms with Crippen LogP contribution in [0.5, 0.6) is 0 Å². The van der Waals surface area contributed by atoms with Gasteiger partial charge in [-0.1, -0.05) is 30.3 Å². The molecule has 0 fully saturated rings. The zero-order valence-electron chi connectivity index (χ0n) is 9.21. The minimum atomic E-state index is 0.0371. The third-order valence-corrected chi connectivity index (χ3v) is 4.38. The van der Waals surface area contributed by atoms with E-state index in [4.69, 9.17) is 5.73 Å². The number of nitrogens with zero attached hydrogens (tertiary/aromatic N) is 1. The van der Waals surface area contributed by atoms with Crippen LogP contribution in [0.25, 0.3) is 0 Å². The highest BCUT2D eigenvalue weighted by Gasteiger charge is 2.08. The number of pyridine rings is 1. The highest BCUT2D eigenvalue weighted by Crippen LogP contribution is 2.27. The molecule has 0 aliphatic rings. The van der Waals surface area contributed by atoms with Crippen molar-refractivity contribution < 1.29 is 0 Å². The van der Waals surface area contributed by atoms with E-state index in [2.05, 4.69) is 33.0 Å². The fourth-order valence-electron chi connectivity index (χ4n) is 1.44. The standard InChI is InChI=1S/C13H13BrN2S/c14-11-7-4-8-16-13(11)17-9-12(15)10-5-2-1-3-6-10/h1-8,12H,9,15H2. The molecule has 4 heteroatoms. The van der Waals surface area contributed by atoms with Gasteiger partial charge in [-0.25, -0.2) is 4.98 Å². The lowest BCUT2D eigenvalue weighted by atomic mass is 10.1. The molecule has 0 bridgehead atoms. The van der Waals surface area contributed by atoms with Gasteiger partial charge in [-0.15, -0.1) is 11.8 Å². The van der Waals surface area contributed by atoms with Crippen LogP contribution in [-0.2, 0) is 0 Å². The molecule has 17 heavy (non-hydrogen) atoms. The second-order valence-electron chi connectivity index (χ2n) is 3.62. The first kappa shape index (κ1) is 12.6. The molecule has 2 N–H and O–H groups in total. The molecule has 0 radical (unpaired) electrons. The van der Waals surface area contributed by atoms with Gasteiger partial charge < -0.3 is 5.73 Å². The molecule has 2 nitrogen and oxygen atoms in total. The molecule has 0 saturated heterocycles. The maximum atomic E-state index is 6.13. The number of nitrogens with two attached hydrogens (primary N) is 1. The summed E-state index contributed by atoms with van der Waals surface area (Å²) >= 11 is 5.15. The minimum Gasteiger partial charge on any atom is -0.323 e. The molecule has 0 aliphatic carbocycles. The van der Waals surface area contributed by atoms with Crippen molar-refractivity contribution in [2.45, 2.75) is 11.1 Å². The molecule has 0 amide bonds. The Morgan fingerprint density at radius 2 is 1.94 bits per heavy atom. The molecule has 0 aliphatic heterocycles. The van der Waals surface area contributed by atoms with E-state index in [1.807, 2.05) is 30.3 Å². The number of thioether (sulfide) groups is 1. The largest absolute Gasteiger partial charge is 0.323 e. The summed E-state index contributed by atoms with van der Waals surface area (Å²) in [7, 11) is 0. The van der Waals surface area contributed by atoms with E-state index in [-0.39, 0.29) is 6.04 Å². The van der Waals surface area contributed by atoms with E-state index in [0.717, 1.165) is 20.8 Å². The van der Waals surface area contributed by atoms with Crippen LogP contribution in [0.3, 0.4) is 0 Å². The van der Waals surface area contributed by atoms with Crippen LogP contribution in [0.15, 0.2) is 58.2 Å². The quantitative estimate of drug-likeness (QED) is 0.877. The van der Waals surface area contributed by atoms with Crippen LogP contribution in [0.2, 0.25) is 0 Å². The van der Waals surface area contributed by atoms with Gasteiger partial charge in [-0.3, -0.25) is 0 Å². The molecule has 1 atom stereocenters. The van der Waals surface area contributed by atoms with Gasteiger partial charge in [0.05, 0.1) is 0 Å². The molecule has 2 aromatic rings. The molecular formula is C13H13BrN2S. The first-order valence-electron chi connectivity index (χ1n) is 5.31. The van der Waals surface area contributed by atoms with Crippen molar-refractivity contribution in [3.8, 4) is 0 Å². The van der Waals surface area contributed by atoms with Crippen molar-refractivity contribution in [2.24, 2.45) is 5.73 Å². The van der Waals surface area contributed by atoms with Crippen molar-refractivity contribution in [1.29, 1.82) is 0 Å². The van der Waals surface area contributed by atoms with Gasteiger partial charge in [0.2, 0.25) is 0 Å². The number of aromatic nitrogens is 1. The monoisotopic (exact) mass is 308 g/mol. The van der Waals surface area contributed by atoms with Crippen LogP contribution in [0, 0.1) is 0 Å². The van der Waals surface area contributed by atoms with E-state index in [0.29, 0.717) is 0 Å². The van der Waals surface area contributed by atoms with Crippen LogP contribution in [0.4, 0.5) is 0 Å². The molecule has 0 saturated carbocycles.